The Morgan fingerprint density at radius 1 is 1.33 bits per heavy atom. The van der Waals surface area contributed by atoms with Gasteiger partial charge in [0.15, 0.2) is 0 Å². The van der Waals surface area contributed by atoms with Crippen LogP contribution in [0.5, 0.6) is 0 Å². The predicted octanol–water partition coefficient (Wildman–Crippen LogP) is 2.22. The second kappa shape index (κ2) is 5.16. The average Bonchev–Trinajstić information content (AvgIpc) is 2.86. The summed E-state index contributed by atoms with van der Waals surface area (Å²) < 4.78 is 0. The molecule has 0 spiro atoms. The zero-order valence-corrected chi connectivity index (χ0v) is 11.0. The fraction of sp³-hybridized carbons (Fsp3) is 0.462. The van der Waals surface area contributed by atoms with Gasteiger partial charge in [-0.15, -0.1) is 0 Å². The van der Waals surface area contributed by atoms with Gasteiger partial charge in [0, 0.05) is 18.2 Å². The molecule has 0 radical (unpaired) electrons. The topological polar surface area (TPSA) is 61.9 Å². The third-order valence-corrected chi connectivity index (χ3v) is 3.29. The van der Waals surface area contributed by atoms with Gasteiger partial charge in [-0.1, -0.05) is 6.92 Å². The van der Waals surface area contributed by atoms with E-state index in [0.717, 1.165) is 17.5 Å². The molecule has 0 bridgehead atoms. The van der Waals surface area contributed by atoms with Crippen LogP contribution >= 0.6 is 0 Å². The number of hydrogen-bond acceptors (Lipinski definition) is 3. The highest BCUT2D eigenvalue weighted by Gasteiger charge is 2.19. The van der Waals surface area contributed by atoms with Crippen LogP contribution in [0.4, 0.5) is 0 Å². The standard InChI is InChI=1S/C13H18N4O/c1-4-9(3)17(5-2)13(18)10-6-7-11-12(8-10)15-16-14-11/h6-9H,4-5H2,1-3H3,(H,14,15,16)/t9-/m0/s1. The van der Waals surface area contributed by atoms with E-state index in [9.17, 15) is 4.79 Å². The van der Waals surface area contributed by atoms with Gasteiger partial charge >= 0.3 is 0 Å². The summed E-state index contributed by atoms with van der Waals surface area (Å²) in [5.41, 5.74) is 2.16. The van der Waals surface area contributed by atoms with Crippen molar-refractivity contribution in [1.82, 2.24) is 20.3 Å². The lowest BCUT2D eigenvalue weighted by atomic mass is 10.1. The van der Waals surface area contributed by atoms with Crippen molar-refractivity contribution in [3.63, 3.8) is 0 Å². The number of nitrogens with one attached hydrogen (secondary N) is 1. The second-order valence-corrected chi connectivity index (χ2v) is 4.38. The Labute approximate surface area is 106 Å². The van der Waals surface area contributed by atoms with Gasteiger partial charge in [0.2, 0.25) is 0 Å². The predicted molar refractivity (Wildman–Crippen MR) is 70.4 cm³/mol. The average molecular weight is 246 g/mol. The van der Waals surface area contributed by atoms with Gasteiger partial charge in [-0.3, -0.25) is 4.79 Å². The summed E-state index contributed by atoms with van der Waals surface area (Å²) in [7, 11) is 0. The third-order valence-electron chi connectivity index (χ3n) is 3.29. The van der Waals surface area contributed by atoms with Gasteiger partial charge in [0.1, 0.15) is 11.0 Å². The Balaban J connectivity index is 2.31. The molecule has 1 aromatic heterocycles. The van der Waals surface area contributed by atoms with E-state index in [1.165, 1.54) is 0 Å². The van der Waals surface area contributed by atoms with Crippen LogP contribution in [0, 0.1) is 0 Å². The highest BCUT2D eigenvalue weighted by molar-refractivity contribution is 5.97. The number of amides is 1. The second-order valence-electron chi connectivity index (χ2n) is 4.38. The first-order valence-electron chi connectivity index (χ1n) is 6.28. The molecule has 1 atom stereocenters. The summed E-state index contributed by atoms with van der Waals surface area (Å²) in [6, 6.07) is 5.65. The molecule has 0 aliphatic rings. The number of rotatable bonds is 4. The van der Waals surface area contributed by atoms with Crippen molar-refractivity contribution in [1.29, 1.82) is 0 Å². The van der Waals surface area contributed by atoms with E-state index < -0.39 is 0 Å². The number of carbonyl (C=O) groups is 1. The molecule has 0 aliphatic carbocycles. The molecule has 0 unspecified atom stereocenters. The molecule has 0 fully saturated rings. The molecule has 1 N–H and O–H groups in total. The van der Waals surface area contributed by atoms with Crippen molar-refractivity contribution in [3.8, 4) is 0 Å². The van der Waals surface area contributed by atoms with Crippen molar-refractivity contribution < 1.29 is 4.79 Å². The summed E-state index contributed by atoms with van der Waals surface area (Å²) in [4.78, 5) is 14.3. The largest absolute Gasteiger partial charge is 0.336 e. The quantitative estimate of drug-likeness (QED) is 0.899. The van der Waals surface area contributed by atoms with Gasteiger partial charge < -0.3 is 4.90 Å². The smallest absolute Gasteiger partial charge is 0.254 e. The van der Waals surface area contributed by atoms with Crippen LogP contribution in [-0.4, -0.2) is 38.8 Å². The van der Waals surface area contributed by atoms with Crippen LogP contribution in [0.1, 0.15) is 37.6 Å². The molecule has 96 valence electrons. The molecule has 1 aromatic carbocycles. The molecule has 0 aliphatic heterocycles. The molecule has 0 saturated heterocycles. The van der Waals surface area contributed by atoms with Crippen LogP contribution in [0.2, 0.25) is 0 Å². The number of fused-ring (bicyclic) bond motifs is 1. The monoisotopic (exact) mass is 246 g/mol. The van der Waals surface area contributed by atoms with E-state index in [0.29, 0.717) is 12.1 Å². The van der Waals surface area contributed by atoms with Crippen molar-refractivity contribution in [2.45, 2.75) is 33.2 Å². The van der Waals surface area contributed by atoms with Crippen LogP contribution < -0.4 is 0 Å². The van der Waals surface area contributed by atoms with E-state index >= 15 is 0 Å². The molecular formula is C13H18N4O. The summed E-state index contributed by atoms with van der Waals surface area (Å²) in [5.74, 6) is 0.0525. The van der Waals surface area contributed by atoms with E-state index in [2.05, 4.69) is 29.3 Å². The normalized spacial score (nSPS) is 12.6. The fourth-order valence-electron chi connectivity index (χ4n) is 2.01. The first-order valence-corrected chi connectivity index (χ1v) is 6.28. The first-order chi connectivity index (χ1) is 8.67. The highest BCUT2D eigenvalue weighted by atomic mass is 16.2. The maximum Gasteiger partial charge on any atom is 0.254 e. The van der Waals surface area contributed by atoms with Crippen molar-refractivity contribution >= 4 is 16.9 Å². The first kappa shape index (κ1) is 12.5. The van der Waals surface area contributed by atoms with Gasteiger partial charge in [-0.05, 0) is 38.5 Å². The number of carbonyl (C=O) groups excluding carboxylic acids is 1. The molecule has 1 amide bonds. The van der Waals surface area contributed by atoms with E-state index in [-0.39, 0.29) is 11.9 Å². The molecule has 18 heavy (non-hydrogen) atoms. The summed E-state index contributed by atoms with van der Waals surface area (Å²) in [6.07, 6.45) is 0.950. The lowest BCUT2D eigenvalue weighted by Crippen LogP contribution is -2.38. The summed E-state index contributed by atoms with van der Waals surface area (Å²) in [5, 5.41) is 10.5. The molecule has 5 heteroatoms. The SMILES string of the molecule is CC[C@H](C)N(CC)C(=O)c1ccc2n[nH]nc2c1. The van der Waals surface area contributed by atoms with E-state index in [1.807, 2.05) is 17.9 Å². The lowest BCUT2D eigenvalue weighted by molar-refractivity contribution is 0.0700. The summed E-state index contributed by atoms with van der Waals surface area (Å²) in [6.45, 7) is 6.86. The number of aromatic nitrogens is 3. The number of H-pyrrole nitrogens is 1. The molecule has 1 heterocycles. The van der Waals surface area contributed by atoms with Gasteiger partial charge in [0.05, 0.1) is 0 Å². The Bertz CT molecular complexity index is 549. The Morgan fingerprint density at radius 2 is 2.06 bits per heavy atom. The molecule has 5 nitrogen and oxygen atoms in total. The minimum absolute atomic E-state index is 0.0525. The van der Waals surface area contributed by atoms with E-state index in [1.54, 1.807) is 12.1 Å². The minimum Gasteiger partial charge on any atom is -0.336 e. The fourth-order valence-corrected chi connectivity index (χ4v) is 2.01. The molecule has 2 rings (SSSR count). The minimum atomic E-state index is 0.0525. The molecule has 2 aromatic rings. The van der Waals surface area contributed by atoms with Crippen LogP contribution in [-0.2, 0) is 0 Å². The maximum absolute atomic E-state index is 12.4. The molecule has 0 saturated carbocycles. The summed E-state index contributed by atoms with van der Waals surface area (Å²) >= 11 is 0. The Morgan fingerprint density at radius 3 is 2.72 bits per heavy atom. The van der Waals surface area contributed by atoms with E-state index in [4.69, 9.17) is 0 Å². The van der Waals surface area contributed by atoms with Crippen molar-refractivity contribution in [2.75, 3.05) is 6.54 Å². The van der Waals surface area contributed by atoms with Crippen LogP contribution in [0.15, 0.2) is 18.2 Å². The van der Waals surface area contributed by atoms with Crippen molar-refractivity contribution in [2.24, 2.45) is 0 Å². The number of nitrogens with zero attached hydrogens (tertiary/aromatic N) is 3. The van der Waals surface area contributed by atoms with Gasteiger partial charge in [-0.25, -0.2) is 0 Å². The molecular weight excluding hydrogens is 228 g/mol. The number of hydrogen-bond donors (Lipinski definition) is 1. The third kappa shape index (κ3) is 2.20. The lowest BCUT2D eigenvalue weighted by Gasteiger charge is -2.27. The highest BCUT2D eigenvalue weighted by Crippen LogP contribution is 2.15. The van der Waals surface area contributed by atoms with Gasteiger partial charge in [-0.2, -0.15) is 15.4 Å². The van der Waals surface area contributed by atoms with Crippen molar-refractivity contribution in [3.05, 3.63) is 23.8 Å². The zero-order chi connectivity index (χ0) is 13.1. The zero-order valence-electron chi connectivity index (χ0n) is 11.0. The maximum atomic E-state index is 12.4. The Kier molecular flexibility index (Phi) is 3.60. The Hall–Kier alpha value is -1.91. The van der Waals surface area contributed by atoms with Crippen LogP contribution in [0.3, 0.4) is 0 Å². The number of benzene rings is 1. The van der Waals surface area contributed by atoms with Gasteiger partial charge in [0.25, 0.3) is 5.91 Å². The van der Waals surface area contributed by atoms with Crippen LogP contribution in [0.25, 0.3) is 11.0 Å². The number of aromatic amines is 1.